The highest BCUT2D eigenvalue weighted by molar-refractivity contribution is 9.09. The number of morpholine rings is 1. The van der Waals surface area contributed by atoms with Crippen molar-refractivity contribution < 1.29 is 4.74 Å². The number of ether oxygens (including phenoxy) is 1. The van der Waals surface area contributed by atoms with Gasteiger partial charge in [0.25, 0.3) is 0 Å². The van der Waals surface area contributed by atoms with Gasteiger partial charge in [-0.1, -0.05) is 29.8 Å². The Labute approximate surface area is 102 Å². The molecule has 15 heavy (non-hydrogen) atoms. The highest BCUT2D eigenvalue weighted by Crippen LogP contribution is 2.19. The summed E-state index contributed by atoms with van der Waals surface area (Å²) in [5.74, 6) is 1.49. The third kappa shape index (κ3) is 4.04. The van der Waals surface area contributed by atoms with Gasteiger partial charge in [-0.05, 0) is 25.7 Å². The van der Waals surface area contributed by atoms with Crippen LogP contribution in [-0.2, 0) is 4.74 Å². The van der Waals surface area contributed by atoms with Crippen molar-refractivity contribution in [3.63, 3.8) is 0 Å². The van der Waals surface area contributed by atoms with Crippen LogP contribution in [-0.4, -0.2) is 42.1 Å². The molecule has 1 fully saturated rings. The third-order valence-electron chi connectivity index (χ3n) is 3.35. The van der Waals surface area contributed by atoms with Gasteiger partial charge in [0.05, 0.1) is 12.7 Å². The number of alkyl halides is 1. The summed E-state index contributed by atoms with van der Waals surface area (Å²) in [4.78, 5) is 2.57. The SMILES string of the molecule is CC1CN(CC(CBr)C(C)C)C(C)CO1. The fraction of sp³-hybridized carbons (Fsp3) is 1.00. The molecule has 0 saturated carbocycles. The fourth-order valence-electron chi connectivity index (χ4n) is 1.97. The van der Waals surface area contributed by atoms with Gasteiger partial charge in [-0.3, -0.25) is 4.90 Å². The molecule has 90 valence electrons. The molecule has 0 aromatic carbocycles. The molecule has 0 aliphatic carbocycles. The molecule has 0 spiro atoms. The Balaban J connectivity index is 2.47. The van der Waals surface area contributed by atoms with Crippen molar-refractivity contribution in [2.24, 2.45) is 11.8 Å². The first kappa shape index (κ1) is 13.5. The van der Waals surface area contributed by atoms with Crippen molar-refractivity contribution in [2.75, 3.05) is 25.0 Å². The Hall–Kier alpha value is 0.400. The van der Waals surface area contributed by atoms with Crippen molar-refractivity contribution in [3.05, 3.63) is 0 Å². The Kier molecular flexibility index (Phi) is 5.58. The van der Waals surface area contributed by atoms with Gasteiger partial charge in [-0.15, -0.1) is 0 Å². The lowest BCUT2D eigenvalue weighted by Crippen LogP contribution is -2.49. The Morgan fingerprint density at radius 1 is 1.40 bits per heavy atom. The largest absolute Gasteiger partial charge is 0.376 e. The molecule has 0 bridgehead atoms. The zero-order valence-corrected chi connectivity index (χ0v) is 12.0. The molecule has 1 rings (SSSR count). The second-order valence-electron chi connectivity index (χ2n) is 5.11. The van der Waals surface area contributed by atoms with Crippen LogP contribution >= 0.6 is 15.9 Å². The second kappa shape index (κ2) is 6.21. The average molecular weight is 278 g/mol. The van der Waals surface area contributed by atoms with Crippen molar-refractivity contribution in [1.82, 2.24) is 4.90 Å². The molecule has 2 nitrogen and oxygen atoms in total. The van der Waals surface area contributed by atoms with E-state index < -0.39 is 0 Å². The molecule has 0 radical (unpaired) electrons. The van der Waals surface area contributed by atoms with Crippen LogP contribution in [0.1, 0.15) is 27.7 Å². The number of rotatable bonds is 4. The van der Waals surface area contributed by atoms with Crippen LogP contribution in [0, 0.1) is 11.8 Å². The maximum Gasteiger partial charge on any atom is 0.0674 e. The maximum atomic E-state index is 5.64. The lowest BCUT2D eigenvalue weighted by Gasteiger charge is -2.39. The van der Waals surface area contributed by atoms with E-state index in [0.29, 0.717) is 12.1 Å². The van der Waals surface area contributed by atoms with E-state index in [1.54, 1.807) is 0 Å². The number of hydrogen-bond acceptors (Lipinski definition) is 2. The molecule has 3 unspecified atom stereocenters. The highest BCUT2D eigenvalue weighted by atomic mass is 79.9. The lowest BCUT2D eigenvalue weighted by molar-refractivity contribution is -0.0549. The standard InChI is InChI=1S/C12H24BrNO/c1-9(2)12(5-13)7-14-6-11(4)15-8-10(14)3/h9-12H,5-8H2,1-4H3. The van der Waals surface area contributed by atoms with Crippen molar-refractivity contribution in [1.29, 1.82) is 0 Å². The molecular formula is C12H24BrNO. The smallest absolute Gasteiger partial charge is 0.0674 e. The van der Waals surface area contributed by atoms with Crippen LogP contribution in [0.5, 0.6) is 0 Å². The monoisotopic (exact) mass is 277 g/mol. The van der Waals surface area contributed by atoms with Gasteiger partial charge in [0.2, 0.25) is 0 Å². The molecule has 0 N–H and O–H groups in total. The van der Waals surface area contributed by atoms with Gasteiger partial charge >= 0.3 is 0 Å². The summed E-state index contributed by atoms with van der Waals surface area (Å²) in [7, 11) is 0. The van der Waals surface area contributed by atoms with Crippen LogP contribution in [0.4, 0.5) is 0 Å². The molecule has 0 aromatic heterocycles. The van der Waals surface area contributed by atoms with E-state index in [1.807, 2.05) is 0 Å². The van der Waals surface area contributed by atoms with Gasteiger partial charge in [-0.2, -0.15) is 0 Å². The van der Waals surface area contributed by atoms with Crippen molar-refractivity contribution >= 4 is 15.9 Å². The molecular weight excluding hydrogens is 254 g/mol. The second-order valence-corrected chi connectivity index (χ2v) is 5.75. The van der Waals surface area contributed by atoms with E-state index >= 15 is 0 Å². The normalized spacial score (nSPS) is 30.8. The zero-order chi connectivity index (χ0) is 11.4. The van der Waals surface area contributed by atoms with Crippen LogP contribution in [0.25, 0.3) is 0 Å². The van der Waals surface area contributed by atoms with E-state index in [9.17, 15) is 0 Å². The molecule has 1 aliphatic rings. The minimum absolute atomic E-state index is 0.393. The van der Waals surface area contributed by atoms with Gasteiger partial charge in [0.15, 0.2) is 0 Å². The molecule has 0 amide bonds. The van der Waals surface area contributed by atoms with Crippen LogP contribution in [0.15, 0.2) is 0 Å². The van der Waals surface area contributed by atoms with Crippen molar-refractivity contribution in [3.8, 4) is 0 Å². The first-order chi connectivity index (χ1) is 7.04. The van der Waals surface area contributed by atoms with Crippen LogP contribution in [0.2, 0.25) is 0 Å². The molecule has 1 heterocycles. The molecule has 1 aliphatic heterocycles. The Morgan fingerprint density at radius 3 is 2.60 bits per heavy atom. The first-order valence-electron chi connectivity index (χ1n) is 5.96. The quantitative estimate of drug-likeness (QED) is 0.733. The van der Waals surface area contributed by atoms with Gasteiger partial charge in [-0.25, -0.2) is 0 Å². The molecule has 3 heteroatoms. The van der Waals surface area contributed by atoms with E-state index in [-0.39, 0.29) is 0 Å². The van der Waals surface area contributed by atoms with Crippen LogP contribution < -0.4 is 0 Å². The van der Waals surface area contributed by atoms with E-state index in [4.69, 9.17) is 4.74 Å². The predicted molar refractivity (Wildman–Crippen MR) is 68.6 cm³/mol. The summed E-state index contributed by atoms with van der Waals surface area (Å²) in [5.41, 5.74) is 0. The zero-order valence-electron chi connectivity index (χ0n) is 10.4. The maximum absolute atomic E-state index is 5.64. The minimum Gasteiger partial charge on any atom is -0.376 e. The molecule has 1 saturated heterocycles. The minimum atomic E-state index is 0.393. The summed E-state index contributed by atoms with van der Waals surface area (Å²) in [6.07, 6.45) is 0.393. The lowest BCUT2D eigenvalue weighted by atomic mass is 9.96. The van der Waals surface area contributed by atoms with E-state index in [2.05, 4.69) is 48.5 Å². The van der Waals surface area contributed by atoms with Gasteiger partial charge in [0.1, 0.15) is 0 Å². The summed E-state index contributed by atoms with van der Waals surface area (Å²) in [5, 5.41) is 1.10. The topological polar surface area (TPSA) is 12.5 Å². The molecule has 0 aromatic rings. The van der Waals surface area contributed by atoms with E-state index in [0.717, 1.165) is 30.3 Å². The number of hydrogen-bond donors (Lipinski definition) is 0. The Bertz CT molecular complexity index is 186. The fourth-order valence-corrected chi connectivity index (χ4v) is 2.92. The summed E-state index contributed by atoms with van der Waals surface area (Å²) in [6, 6.07) is 0.571. The summed E-state index contributed by atoms with van der Waals surface area (Å²) in [6.45, 7) is 12.2. The summed E-state index contributed by atoms with van der Waals surface area (Å²) >= 11 is 3.62. The first-order valence-corrected chi connectivity index (χ1v) is 7.08. The third-order valence-corrected chi connectivity index (χ3v) is 4.18. The number of halogens is 1. The predicted octanol–water partition coefficient (Wildman–Crippen LogP) is 2.76. The van der Waals surface area contributed by atoms with Gasteiger partial charge < -0.3 is 4.74 Å². The Morgan fingerprint density at radius 2 is 2.07 bits per heavy atom. The van der Waals surface area contributed by atoms with Crippen LogP contribution in [0.3, 0.4) is 0 Å². The highest BCUT2D eigenvalue weighted by Gasteiger charge is 2.26. The average Bonchev–Trinajstić information content (AvgIpc) is 2.18. The van der Waals surface area contributed by atoms with Gasteiger partial charge in [0, 0.05) is 24.5 Å². The van der Waals surface area contributed by atoms with E-state index in [1.165, 1.54) is 6.54 Å². The number of nitrogens with zero attached hydrogens (tertiary/aromatic N) is 1. The molecule has 3 atom stereocenters. The van der Waals surface area contributed by atoms with Crippen molar-refractivity contribution in [2.45, 2.75) is 39.8 Å². The summed E-state index contributed by atoms with van der Waals surface area (Å²) < 4.78 is 5.64.